The van der Waals surface area contributed by atoms with Crippen LogP contribution >= 0.6 is 0 Å². The Hall–Kier alpha value is -2.48. The zero-order valence-corrected chi connectivity index (χ0v) is 13.7. The summed E-state index contributed by atoms with van der Waals surface area (Å²) in [6.07, 6.45) is 2.21. The van der Waals surface area contributed by atoms with E-state index in [1.165, 1.54) is 19.1 Å². The van der Waals surface area contributed by atoms with E-state index in [0.29, 0.717) is 0 Å². The van der Waals surface area contributed by atoms with Crippen molar-refractivity contribution in [2.24, 2.45) is 0 Å². The minimum Gasteiger partial charge on any atom is -0.468 e. The zero-order valence-electron chi connectivity index (χ0n) is 12.9. The van der Waals surface area contributed by atoms with Crippen molar-refractivity contribution in [1.82, 2.24) is 8.96 Å². The number of carbonyl (C=O) groups is 2. The van der Waals surface area contributed by atoms with Gasteiger partial charge in [0.1, 0.15) is 12.1 Å². The molecule has 1 heterocycles. The second-order valence-electron chi connectivity index (χ2n) is 5.01. The van der Waals surface area contributed by atoms with Crippen LogP contribution in [0.4, 0.5) is 0 Å². The lowest BCUT2D eigenvalue weighted by Crippen LogP contribution is -2.21. The van der Waals surface area contributed by atoms with Gasteiger partial charge in [-0.25, -0.2) is 17.4 Å². The molecule has 0 N–H and O–H groups in total. The Kier molecular flexibility index (Phi) is 4.65. The molecular weight excluding hydrogens is 320 g/mol. The van der Waals surface area contributed by atoms with Gasteiger partial charge in [0.05, 0.1) is 17.7 Å². The van der Waals surface area contributed by atoms with E-state index in [1.54, 1.807) is 12.1 Å². The molecule has 1 atom stereocenters. The third-order valence-electron chi connectivity index (χ3n) is 3.32. The number of ether oxygens (including phenoxy) is 1. The van der Waals surface area contributed by atoms with E-state index in [-0.39, 0.29) is 10.6 Å². The summed E-state index contributed by atoms with van der Waals surface area (Å²) in [6, 6.07) is 6.31. The van der Waals surface area contributed by atoms with Crippen molar-refractivity contribution in [3.8, 4) is 0 Å². The van der Waals surface area contributed by atoms with E-state index < -0.39 is 27.7 Å². The first-order valence-corrected chi connectivity index (χ1v) is 8.15. The first kappa shape index (κ1) is 16.9. The lowest BCUT2D eigenvalue weighted by atomic mass is 10.0. The highest BCUT2D eigenvalue weighted by atomic mass is 32.2. The van der Waals surface area contributed by atoms with Gasteiger partial charge >= 0.3 is 5.97 Å². The van der Waals surface area contributed by atoms with Crippen molar-refractivity contribution in [3.63, 3.8) is 0 Å². The summed E-state index contributed by atoms with van der Waals surface area (Å²) >= 11 is 0. The summed E-state index contributed by atoms with van der Waals surface area (Å²) < 4.78 is 30.5. The minimum absolute atomic E-state index is 0.0278. The van der Waals surface area contributed by atoms with E-state index >= 15 is 0 Å². The SMILES string of the molecule is COC(=O)C(C(C)=O)c1cn(S(=O)(=O)c2ccc(C)cc2)cn1. The van der Waals surface area contributed by atoms with Gasteiger partial charge in [-0.2, -0.15) is 0 Å². The summed E-state index contributed by atoms with van der Waals surface area (Å²) in [5, 5.41) is 0. The maximum absolute atomic E-state index is 12.5. The van der Waals surface area contributed by atoms with Crippen molar-refractivity contribution < 1.29 is 22.7 Å². The number of nitrogens with zero attached hydrogens (tertiary/aromatic N) is 2. The minimum atomic E-state index is -3.84. The Morgan fingerprint density at radius 3 is 2.35 bits per heavy atom. The van der Waals surface area contributed by atoms with Crippen LogP contribution in [0.1, 0.15) is 24.1 Å². The Labute approximate surface area is 134 Å². The highest BCUT2D eigenvalue weighted by Crippen LogP contribution is 2.20. The predicted molar refractivity (Wildman–Crippen MR) is 81.4 cm³/mol. The number of hydrogen-bond donors (Lipinski definition) is 0. The van der Waals surface area contributed by atoms with E-state index in [9.17, 15) is 18.0 Å². The molecule has 0 amide bonds. The van der Waals surface area contributed by atoms with E-state index in [0.717, 1.165) is 29.2 Å². The van der Waals surface area contributed by atoms with Crippen LogP contribution in [-0.4, -0.2) is 36.2 Å². The average molecular weight is 336 g/mol. The van der Waals surface area contributed by atoms with Gasteiger partial charge in [0, 0.05) is 6.20 Å². The summed E-state index contributed by atoms with van der Waals surface area (Å²) in [5.74, 6) is -2.50. The molecule has 2 aromatic rings. The number of imidazole rings is 1. The van der Waals surface area contributed by atoms with Gasteiger partial charge in [0.15, 0.2) is 5.92 Å². The molecule has 0 saturated carbocycles. The highest BCUT2D eigenvalue weighted by Gasteiger charge is 2.30. The molecule has 0 aliphatic heterocycles. The van der Waals surface area contributed by atoms with E-state index in [1.807, 2.05) is 6.92 Å². The molecule has 1 aromatic carbocycles. The molecule has 0 fully saturated rings. The summed E-state index contributed by atoms with van der Waals surface area (Å²) in [6.45, 7) is 3.06. The molecule has 23 heavy (non-hydrogen) atoms. The van der Waals surface area contributed by atoms with Crippen LogP contribution in [0.2, 0.25) is 0 Å². The fraction of sp³-hybridized carbons (Fsp3) is 0.267. The summed E-state index contributed by atoms with van der Waals surface area (Å²) in [7, 11) is -2.68. The summed E-state index contributed by atoms with van der Waals surface area (Å²) in [5.41, 5.74) is 0.956. The number of aromatic nitrogens is 2. The zero-order chi connectivity index (χ0) is 17.2. The lowest BCUT2D eigenvalue weighted by molar-refractivity contribution is -0.145. The molecule has 1 aromatic heterocycles. The normalized spacial score (nSPS) is 12.7. The molecule has 0 aliphatic rings. The molecule has 0 saturated heterocycles. The van der Waals surface area contributed by atoms with Gasteiger partial charge in [-0.3, -0.25) is 9.59 Å². The predicted octanol–water partition coefficient (Wildman–Crippen LogP) is 1.27. The van der Waals surface area contributed by atoms with Crippen LogP contribution in [0, 0.1) is 6.92 Å². The lowest BCUT2D eigenvalue weighted by Gasteiger charge is -2.08. The van der Waals surface area contributed by atoms with Gasteiger partial charge in [0.25, 0.3) is 10.0 Å². The van der Waals surface area contributed by atoms with Gasteiger partial charge < -0.3 is 4.74 Å². The molecule has 0 aliphatic carbocycles. The van der Waals surface area contributed by atoms with Crippen LogP contribution in [0.25, 0.3) is 0 Å². The Bertz CT molecular complexity index is 837. The molecular formula is C15H16N2O5S. The first-order valence-electron chi connectivity index (χ1n) is 6.71. The number of ketones is 1. The van der Waals surface area contributed by atoms with Crippen LogP contribution in [0.15, 0.2) is 41.7 Å². The molecule has 122 valence electrons. The third kappa shape index (κ3) is 3.31. The van der Waals surface area contributed by atoms with Gasteiger partial charge in [-0.05, 0) is 26.0 Å². The van der Waals surface area contributed by atoms with E-state index in [4.69, 9.17) is 0 Å². The van der Waals surface area contributed by atoms with Gasteiger partial charge in [-0.15, -0.1) is 0 Å². The Balaban J connectivity index is 2.43. The summed E-state index contributed by atoms with van der Waals surface area (Å²) in [4.78, 5) is 27.3. The molecule has 8 heteroatoms. The molecule has 7 nitrogen and oxygen atoms in total. The van der Waals surface area contributed by atoms with E-state index in [2.05, 4.69) is 9.72 Å². The van der Waals surface area contributed by atoms with Crippen LogP contribution in [0.3, 0.4) is 0 Å². The molecule has 0 spiro atoms. The van der Waals surface area contributed by atoms with Crippen LogP contribution in [-0.2, 0) is 24.3 Å². The molecule has 0 radical (unpaired) electrons. The Morgan fingerprint density at radius 1 is 1.22 bits per heavy atom. The number of methoxy groups -OCH3 is 1. The largest absolute Gasteiger partial charge is 0.468 e. The topological polar surface area (TPSA) is 95.3 Å². The van der Waals surface area contributed by atoms with Gasteiger partial charge in [-0.1, -0.05) is 17.7 Å². The van der Waals surface area contributed by atoms with Gasteiger partial charge in [0.2, 0.25) is 0 Å². The quantitative estimate of drug-likeness (QED) is 0.603. The molecule has 0 bridgehead atoms. The molecule has 2 rings (SSSR count). The molecule has 1 unspecified atom stereocenters. The Morgan fingerprint density at radius 2 is 1.83 bits per heavy atom. The van der Waals surface area contributed by atoms with Crippen molar-refractivity contribution in [2.45, 2.75) is 24.7 Å². The van der Waals surface area contributed by atoms with Crippen LogP contribution < -0.4 is 0 Å². The van der Waals surface area contributed by atoms with Crippen molar-refractivity contribution in [3.05, 3.63) is 48.0 Å². The smallest absolute Gasteiger partial charge is 0.322 e. The monoisotopic (exact) mass is 336 g/mol. The maximum atomic E-state index is 12.5. The fourth-order valence-corrected chi connectivity index (χ4v) is 3.19. The van der Waals surface area contributed by atoms with Crippen molar-refractivity contribution in [2.75, 3.05) is 7.11 Å². The van der Waals surface area contributed by atoms with Crippen LogP contribution in [0.5, 0.6) is 0 Å². The highest BCUT2D eigenvalue weighted by molar-refractivity contribution is 7.90. The first-order chi connectivity index (χ1) is 10.8. The number of benzene rings is 1. The van der Waals surface area contributed by atoms with Crippen molar-refractivity contribution in [1.29, 1.82) is 0 Å². The number of Topliss-reactive ketones (excluding diaryl/α,β-unsaturated/α-hetero) is 1. The number of carbonyl (C=O) groups excluding carboxylic acids is 2. The third-order valence-corrected chi connectivity index (χ3v) is 4.94. The fourth-order valence-electron chi connectivity index (χ4n) is 2.05. The standard InChI is InChI=1S/C15H16N2O5S/c1-10-4-6-12(7-5-10)23(20,21)17-8-13(16-9-17)14(11(2)18)15(19)22-3/h4-9,14H,1-3H3. The maximum Gasteiger partial charge on any atom is 0.322 e. The average Bonchev–Trinajstić information content (AvgIpc) is 2.97. The number of esters is 1. The second-order valence-corrected chi connectivity index (χ2v) is 6.86. The number of rotatable bonds is 5. The number of hydrogen-bond acceptors (Lipinski definition) is 6. The number of aryl methyl sites for hydroxylation is 1. The van der Waals surface area contributed by atoms with Crippen molar-refractivity contribution >= 4 is 21.8 Å². The second kappa shape index (κ2) is 6.33.